The predicted octanol–water partition coefficient (Wildman–Crippen LogP) is 3.34. The third kappa shape index (κ3) is 4.75. The summed E-state index contributed by atoms with van der Waals surface area (Å²) in [6.45, 7) is 1.78. The molecule has 0 fully saturated rings. The SMILES string of the molecule is COc1ccc(-n2c(C)nnc2SCC(=O)NC(C#N)c2ccc(F)cc2F)cc1. The Morgan fingerprint density at radius 2 is 2.00 bits per heavy atom. The minimum absolute atomic E-state index is 0.0741. The number of hydrogen-bond donors (Lipinski definition) is 1. The highest BCUT2D eigenvalue weighted by molar-refractivity contribution is 7.99. The lowest BCUT2D eigenvalue weighted by Gasteiger charge is -2.13. The fourth-order valence-corrected chi connectivity index (χ4v) is 3.52. The van der Waals surface area contributed by atoms with Crippen LogP contribution < -0.4 is 10.1 Å². The molecule has 0 spiro atoms. The molecule has 30 heavy (non-hydrogen) atoms. The van der Waals surface area contributed by atoms with E-state index < -0.39 is 23.6 Å². The van der Waals surface area contributed by atoms with Gasteiger partial charge in [-0.25, -0.2) is 8.78 Å². The summed E-state index contributed by atoms with van der Waals surface area (Å²) in [7, 11) is 1.57. The number of thioether (sulfide) groups is 1. The minimum atomic E-state index is -1.24. The van der Waals surface area contributed by atoms with E-state index in [1.54, 1.807) is 30.7 Å². The molecular formula is C20H17F2N5O2S. The first kappa shape index (κ1) is 21.3. The second-order valence-corrected chi connectivity index (χ2v) is 7.09. The van der Waals surface area contributed by atoms with Crippen molar-refractivity contribution in [1.29, 1.82) is 5.26 Å². The number of aryl methyl sites for hydroxylation is 1. The summed E-state index contributed by atoms with van der Waals surface area (Å²) < 4.78 is 33.9. The second kappa shape index (κ2) is 9.37. The van der Waals surface area contributed by atoms with E-state index in [0.717, 1.165) is 29.6 Å². The Hall–Kier alpha value is -3.45. The Labute approximate surface area is 175 Å². The molecule has 1 aromatic heterocycles. The van der Waals surface area contributed by atoms with Crippen LogP contribution in [0.25, 0.3) is 5.69 Å². The van der Waals surface area contributed by atoms with Crippen LogP contribution in [0.15, 0.2) is 47.6 Å². The van der Waals surface area contributed by atoms with Gasteiger partial charge in [-0.1, -0.05) is 17.8 Å². The lowest BCUT2D eigenvalue weighted by Crippen LogP contribution is -2.29. The number of amides is 1. The maximum Gasteiger partial charge on any atom is 0.231 e. The molecule has 3 rings (SSSR count). The minimum Gasteiger partial charge on any atom is -0.497 e. The molecule has 154 valence electrons. The summed E-state index contributed by atoms with van der Waals surface area (Å²) in [6.07, 6.45) is 0. The molecule has 0 saturated heterocycles. The lowest BCUT2D eigenvalue weighted by atomic mass is 10.1. The predicted molar refractivity (Wildman–Crippen MR) is 106 cm³/mol. The maximum atomic E-state index is 13.9. The van der Waals surface area contributed by atoms with Crippen LogP contribution in [0.5, 0.6) is 5.75 Å². The molecule has 0 aliphatic carbocycles. The maximum absolute atomic E-state index is 13.9. The number of halogens is 2. The number of nitrogens with zero attached hydrogens (tertiary/aromatic N) is 4. The zero-order valence-electron chi connectivity index (χ0n) is 16.1. The molecule has 0 radical (unpaired) electrons. The number of hydrogen-bond acceptors (Lipinski definition) is 6. The van der Waals surface area contributed by atoms with Crippen molar-refractivity contribution in [2.45, 2.75) is 18.1 Å². The van der Waals surface area contributed by atoms with Crippen LogP contribution in [0, 0.1) is 29.9 Å². The van der Waals surface area contributed by atoms with Crippen LogP contribution in [0.4, 0.5) is 8.78 Å². The summed E-state index contributed by atoms with van der Waals surface area (Å²) in [5.74, 6) is -0.903. The van der Waals surface area contributed by atoms with E-state index in [1.807, 2.05) is 18.2 Å². The number of ether oxygens (including phenoxy) is 1. The van der Waals surface area contributed by atoms with Gasteiger partial charge >= 0.3 is 0 Å². The van der Waals surface area contributed by atoms with Crippen LogP contribution in [-0.2, 0) is 4.79 Å². The molecule has 0 aliphatic rings. The number of nitriles is 1. The summed E-state index contributed by atoms with van der Waals surface area (Å²) in [5, 5.41) is 20.3. The average Bonchev–Trinajstić information content (AvgIpc) is 3.11. The summed E-state index contributed by atoms with van der Waals surface area (Å²) in [6, 6.07) is 10.7. The number of methoxy groups -OCH3 is 1. The van der Waals surface area contributed by atoms with E-state index in [9.17, 15) is 18.8 Å². The Balaban J connectivity index is 1.69. The number of carbonyl (C=O) groups excluding carboxylic acids is 1. The lowest BCUT2D eigenvalue weighted by molar-refractivity contribution is -0.118. The fraction of sp³-hybridized carbons (Fsp3) is 0.200. The van der Waals surface area contributed by atoms with E-state index in [2.05, 4.69) is 15.5 Å². The molecule has 1 heterocycles. The van der Waals surface area contributed by atoms with Gasteiger partial charge in [-0.15, -0.1) is 10.2 Å². The fourth-order valence-electron chi connectivity index (χ4n) is 2.71. The van der Waals surface area contributed by atoms with Crippen molar-refractivity contribution < 1.29 is 18.3 Å². The van der Waals surface area contributed by atoms with Gasteiger partial charge in [0.1, 0.15) is 29.3 Å². The molecule has 1 amide bonds. The van der Waals surface area contributed by atoms with E-state index in [0.29, 0.717) is 22.8 Å². The molecular weight excluding hydrogens is 412 g/mol. The van der Waals surface area contributed by atoms with Gasteiger partial charge in [-0.05, 0) is 37.3 Å². The monoisotopic (exact) mass is 429 g/mol. The third-order valence-corrected chi connectivity index (χ3v) is 5.10. The van der Waals surface area contributed by atoms with Crippen LogP contribution in [0.3, 0.4) is 0 Å². The van der Waals surface area contributed by atoms with Crippen molar-refractivity contribution in [3.8, 4) is 17.5 Å². The molecule has 0 saturated carbocycles. The van der Waals surface area contributed by atoms with E-state index in [-0.39, 0.29) is 11.3 Å². The van der Waals surface area contributed by atoms with Crippen LogP contribution in [0.2, 0.25) is 0 Å². The first-order valence-corrected chi connectivity index (χ1v) is 9.74. The number of rotatable bonds is 7. The van der Waals surface area contributed by atoms with Gasteiger partial charge in [0.15, 0.2) is 5.16 Å². The molecule has 1 N–H and O–H groups in total. The summed E-state index contributed by atoms with van der Waals surface area (Å²) in [5.41, 5.74) is 0.694. The zero-order chi connectivity index (χ0) is 21.7. The number of nitrogens with one attached hydrogen (secondary N) is 1. The second-order valence-electron chi connectivity index (χ2n) is 6.15. The van der Waals surface area contributed by atoms with Gasteiger partial charge in [-0.3, -0.25) is 9.36 Å². The van der Waals surface area contributed by atoms with Gasteiger partial charge in [0.2, 0.25) is 5.91 Å². The van der Waals surface area contributed by atoms with Gasteiger partial charge in [0.25, 0.3) is 0 Å². The van der Waals surface area contributed by atoms with Gasteiger partial charge in [0.05, 0.1) is 18.9 Å². The van der Waals surface area contributed by atoms with E-state index >= 15 is 0 Å². The summed E-state index contributed by atoms with van der Waals surface area (Å²) in [4.78, 5) is 12.3. The molecule has 0 aliphatic heterocycles. The molecule has 10 heteroatoms. The first-order valence-electron chi connectivity index (χ1n) is 8.76. The van der Waals surface area contributed by atoms with Crippen LogP contribution in [-0.4, -0.2) is 33.5 Å². The third-order valence-electron chi connectivity index (χ3n) is 4.17. The van der Waals surface area contributed by atoms with Crippen LogP contribution in [0.1, 0.15) is 17.4 Å². The first-order chi connectivity index (χ1) is 14.4. The highest BCUT2D eigenvalue weighted by atomic mass is 32.2. The van der Waals surface area contributed by atoms with Crippen molar-refractivity contribution in [1.82, 2.24) is 20.1 Å². The van der Waals surface area contributed by atoms with Crippen molar-refractivity contribution in [3.05, 3.63) is 65.5 Å². The topological polar surface area (TPSA) is 92.8 Å². The van der Waals surface area contributed by atoms with Crippen molar-refractivity contribution in [2.24, 2.45) is 0 Å². The largest absolute Gasteiger partial charge is 0.497 e. The Kier molecular flexibility index (Phi) is 6.64. The van der Waals surface area contributed by atoms with E-state index in [4.69, 9.17) is 4.74 Å². The Morgan fingerprint density at radius 3 is 2.63 bits per heavy atom. The highest BCUT2D eigenvalue weighted by Crippen LogP contribution is 2.24. The highest BCUT2D eigenvalue weighted by Gasteiger charge is 2.19. The molecule has 1 unspecified atom stereocenters. The molecule has 2 aromatic carbocycles. The summed E-state index contributed by atoms with van der Waals surface area (Å²) >= 11 is 1.12. The standard InChI is InChI=1S/C20H17F2N5O2S/c1-12-25-26-20(27(12)14-4-6-15(29-2)7-5-14)30-11-19(28)24-18(10-23)16-8-3-13(21)9-17(16)22/h3-9,18H,11H2,1-2H3,(H,24,28). The number of benzene rings is 2. The van der Waals surface area contributed by atoms with Crippen molar-refractivity contribution in [2.75, 3.05) is 12.9 Å². The van der Waals surface area contributed by atoms with Gasteiger partial charge in [-0.2, -0.15) is 5.26 Å². The molecule has 7 nitrogen and oxygen atoms in total. The van der Waals surface area contributed by atoms with E-state index in [1.165, 1.54) is 0 Å². The quantitative estimate of drug-likeness (QED) is 0.579. The molecule has 1 atom stereocenters. The smallest absolute Gasteiger partial charge is 0.231 e. The molecule has 3 aromatic rings. The van der Waals surface area contributed by atoms with Crippen molar-refractivity contribution in [3.63, 3.8) is 0 Å². The zero-order valence-corrected chi connectivity index (χ0v) is 16.9. The number of aromatic nitrogens is 3. The molecule has 0 bridgehead atoms. The normalized spacial score (nSPS) is 11.6. The van der Waals surface area contributed by atoms with Gasteiger partial charge < -0.3 is 10.1 Å². The van der Waals surface area contributed by atoms with Gasteiger partial charge in [0, 0.05) is 17.3 Å². The van der Waals surface area contributed by atoms with Crippen molar-refractivity contribution >= 4 is 17.7 Å². The number of carbonyl (C=O) groups is 1. The van der Waals surface area contributed by atoms with Crippen LogP contribution >= 0.6 is 11.8 Å². The Morgan fingerprint density at radius 1 is 1.27 bits per heavy atom. The Bertz CT molecular complexity index is 1100. The average molecular weight is 429 g/mol.